The summed E-state index contributed by atoms with van der Waals surface area (Å²) in [6.45, 7) is 4.93. The van der Waals surface area contributed by atoms with E-state index in [0.29, 0.717) is 19.4 Å². The van der Waals surface area contributed by atoms with E-state index in [4.69, 9.17) is 4.74 Å². The lowest BCUT2D eigenvalue weighted by atomic mass is 10.0. The van der Waals surface area contributed by atoms with Gasteiger partial charge in [-0.25, -0.2) is 0 Å². The summed E-state index contributed by atoms with van der Waals surface area (Å²) in [7, 11) is 0. The van der Waals surface area contributed by atoms with Crippen LogP contribution in [0.4, 0.5) is 0 Å². The normalized spacial score (nSPS) is 12.8. The SMILES string of the molecule is CCCCCCCC/C=C\CCCCCCCCCC(=O)OCCCCCCCCCCC/C=C\C/C=C\CCCCCCCCCCCC(=O)NC(CO)C(O)/C=C/CCCCCCCCCCCCCCCCCCCCCCCC. The van der Waals surface area contributed by atoms with Crippen LogP contribution in [-0.4, -0.2) is 47.4 Å². The Hall–Kier alpha value is -2.18. The lowest BCUT2D eigenvalue weighted by molar-refractivity contribution is -0.143. The van der Waals surface area contributed by atoms with Crippen LogP contribution >= 0.6 is 0 Å². The summed E-state index contributed by atoms with van der Waals surface area (Å²) >= 11 is 0. The Kier molecular flexibility index (Phi) is 70.4. The smallest absolute Gasteiger partial charge is 0.305 e. The summed E-state index contributed by atoms with van der Waals surface area (Å²) in [6.07, 6.45) is 94.9. The molecule has 488 valence electrons. The molecule has 0 aromatic carbocycles. The third kappa shape index (κ3) is 68.8. The quantitative estimate of drug-likeness (QED) is 0.0320. The number of unbranched alkanes of at least 4 members (excludes halogenated alkanes) is 53. The van der Waals surface area contributed by atoms with Crippen molar-refractivity contribution in [2.45, 2.75) is 418 Å². The number of amides is 1. The van der Waals surface area contributed by atoms with Crippen LogP contribution in [0.2, 0.25) is 0 Å². The molecule has 0 aromatic heterocycles. The van der Waals surface area contributed by atoms with Gasteiger partial charge in [0, 0.05) is 12.8 Å². The van der Waals surface area contributed by atoms with Gasteiger partial charge in [0.15, 0.2) is 0 Å². The second kappa shape index (κ2) is 72.3. The van der Waals surface area contributed by atoms with Crippen molar-refractivity contribution in [2.75, 3.05) is 13.2 Å². The van der Waals surface area contributed by atoms with Crippen LogP contribution in [0, 0.1) is 0 Å². The first-order valence-electron chi connectivity index (χ1n) is 37.4. The van der Waals surface area contributed by atoms with Crippen molar-refractivity contribution in [3.63, 3.8) is 0 Å². The molecule has 0 radical (unpaired) electrons. The molecule has 6 heteroatoms. The van der Waals surface area contributed by atoms with Crippen molar-refractivity contribution in [1.82, 2.24) is 5.32 Å². The van der Waals surface area contributed by atoms with Crippen LogP contribution in [-0.2, 0) is 14.3 Å². The second-order valence-electron chi connectivity index (χ2n) is 25.6. The van der Waals surface area contributed by atoms with Gasteiger partial charge in [-0.15, -0.1) is 0 Å². The standard InChI is InChI=1S/C77H145NO5/c1-3-5-7-9-11-13-15-17-19-21-22-23-24-28-31-34-38-41-45-49-53-57-61-65-69-75(80)74(73-79)78-76(81)70-66-62-58-54-50-46-42-39-35-32-29-26-25-27-30-33-36-40-44-48-52-56-60-64-68-72-83-77(82)71-67-63-59-55-51-47-43-37-20-18-16-14-12-10-8-6-4-2/h18,20,26-27,29-30,65,69,74-75,79-80H,3-17,19,21-25,28,31-64,66-68,70-73H2,1-2H3,(H,78,81)/b20-18-,29-26-,30-27-,69-65+. The van der Waals surface area contributed by atoms with Crippen LogP contribution in [0.15, 0.2) is 48.6 Å². The summed E-state index contributed by atoms with van der Waals surface area (Å²) in [6, 6.07) is -0.635. The fourth-order valence-corrected chi connectivity index (χ4v) is 11.6. The number of nitrogens with one attached hydrogen (secondary N) is 1. The zero-order valence-corrected chi connectivity index (χ0v) is 55.9. The lowest BCUT2D eigenvalue weighted by Gasteiger charge is -2.20. The first-order chi connectivity index (χ1) is 41.0. The monoisotopic (exact) mass is 1160 g/mol. The summed E-state index contributed by atoms with van der Waals surface area (Å²) in [4.78, 5) is 24.6. The van der Waals surface area contributed by atoms with E-state index >= 15 is 0 Å². The molecule has 1 amide bonds. The maximum Gasteiger partial charge on any atom is 0.305 e. The number of allylic oxidation sites excluding steroid dienone is 7. The third-order valence-electron chi connectivity index (χ3n) is 17.3. The maximum atomic E-state index is 12.5. The van der Waals surface area contributed by atoms with Crippen molar-refractivity contribution >= 4 is 11.9 Å². The van der Waals surface area contributed by atoms with Crippen molar-refractivity contribution in [1.29, 1.82) is 0 Å². The Balaban J connectivity index is 3.45. The Labute approximate surface area is 518 Å². The number of aliphatic hydroxyl groups is 2. The minimum absolute atomic E-state index is 0.00569. The van der Waals surface area contributed by atoms with E-state index in [2.05, 4.69) is 55.6 Å². The van der Waals surface area contributed by atoms with Gasteiger partial charge < -0.3 is 20.3 Å². The van der Waals surface area contributed by atoms with E-state index < -0.39 is 12.1 Å². The van der Waals surface area contributed by atoms with Gasteiger partial charge in [0.2, 0.25) is 5.91 Å². The molecule has 0 aliphatic rings. The molecule has 2 atom stereocenters. The summed E-state index contributed by atoms with van der Waals surface area (Å²) in [5, 5.41) is 23.3. The lowest BCUT2D eigenvalue weighted by Crippen LogP contribution is -2.45. The van der Waals surface area contributed by atoms with Crippen LogP contribution in [0.5, 0.6) is 0 Å². The predicted molar refractivity (Wildman–Crippen MR) is 366 cm³/mol. The summed E-state index contributed by atoms with van der Waals surface area (Å²) in [5.41, 5.74) is 0. The van der Waals surface area contributed by atoms with Gasteiger partial charge in [0.1, 0.15) is 0 Å². The van der Waals surface area contributed by atoms with E-state index in [1.807, 2.05) is 6.08 Å². The minimum Gasteiger partial charge on any atom is -0.466 e. The Bertz CT molecular complexity index is 1390. The molecule has 6 nitrogen and oxygen atoms in total. The first-order valence-corrected chi connectivity index (χ1v) is 37.4. The number of aliphatic hydroxyl groups excluding tert-OH is 2. The van der Waals surface area contributed by atoms with Gasteiger partial charge in [-0.3, -0.25) is 9.59 Å². The molecule has 3 N–H and O–H groups in total. The molecule has 0 aliphatic heterocycles. The van der Waals surface area contributed by atoms with Gasteiger partial charge in [-0.2, -0.15) is 0 Å². The topological polar surface area (TPSA) is 95.9 Å². The molecule has 0 saturated carbocycles. The number of carbonyl (C=O) groups is 2. The van der Waals surface area contributed by atoms with Crippen LogP contribution in [0.1, 0.15) is 406 Å². The Morgan fingerprint density at radius 2 is 0.602 bits per heavy atom. The Morgan fingerprint density at radius 1 is 0.337 bits per heavy atom. The highest BCUT2D eigenvalue weighted by Gasteiger charge is 2.18. The highest BCUT2D eigenvalue weighted by molar-refractivity contribution is 5.76. The molecule has 0 aliphatic carbocycles. The predicted octanol–water partition coefficient (Wildman–Crippen LogP) is 24.4. The van der Waals surface area contributed by atoms with E-state index in [1.165, 1.54) is 327 Å². The van der Waals surface area contributed by atoms with Gasteiger partial charge in [0.05, 0.1) is 25.4 Å². The third-order valence-corrected chi connectivity index (χ3v) is 17.3. The molecule has 0 spiro atoms. The van der Waals surface area contributed by atoms with E-state index in [1.54, 1.807) is 6.08 Å². The van der Waals surface area contributed by atoms with Crippen LogP contribution < -0.4 is 5.32 Å². The van der Waals surface area contributed by atoms with E-state index in [0.717, 1.165) is 51.4 Å². The molecular formula is C77H145NO5. The zero-order chi connectivity index (χ0) is 59.9. The number of hydrogen-bond donors (Lipinski definition) is 3. The highest BCUT2D eigenvalue weighted by atomic mass is 16.5. The summed E-state index contributed by atoms with van der Waals surface area (Å²) < 4.78 is 5.50. The van der Waals surface area contributed by atoms with Crippen LogP contribution in [0.3, 0.4) is 0 Å². The minimum atomic E-state index is -0.851. The first kappa shape index (κ1) is 80.8. The zero-order valence-electron chi connectivity index (χ0n) is 55.9. The molecule has 83 heavy (non-hydrogen) atoms. The molecule has 0 saturated heterocycles. The number of ether oxygens (including phenoxy) is 1. The largest absolute Gasteiger partial charge is 0.466 e. The summed E-state index contributed by atoms with van der Waals surface area (Å²) in [5.74, 6) is -0.0647. The molecule has 2 unspecified atom stereocenters. The fourth-order valence-electron chi connectivity index (χ4n) is 11.6. The van der Waals surface area contributed by atoms with Crippen molar-refractivity contribution in [2.24, 2.45) is 0 Å². The fraction of sp³-hybridized carbons (Fsp3) is 0.870. The molecule has 0 aromatic rings. The molecule has 0 fully saturated rings. The van der Waals surface area contributed by atoms with Crippen molar-refractivity contribution in [3.8, 4) is 0 Å². The van der Waals surface area contributed by atoms with Gasteiger partial charge >= 0.3 is 5.97 Å². The van der Waals surface area contributed by atoms with Gasteiger partial charge in [-0.1, -0.05) is 351 Å². The maximum absolute atomic E-state index is 12.5. The average Bonchev–Trinajstić information content (AvgIpc) is 3.48. The average molecular weight is 1170 g/mol. The number of carbonyl (C=O) groups excluding carboxylic acids is 2. The Morgan fingerprint density at radius 3 is 0.928 bits per heavy atom. The van der Waals surface area contributed by atoms with Crippen molar-refractivity contribution in [3.05, 3.63) is 48.6 Å². The molecule has 0 bridgehead atoms. The second-order valence-corrected chi connectivity index (χ2v) is 25.6. The van der Waals surface area contributed by atoms with Gasteiger partial charge in [-0.05, 0) is 89.9 Å². The van der Waals surface area contributed by atoms with E-state index in [9.17, 15) is 19.8 Å². The van der Waals surface area contributed by atoms with Crippen LogP contribution in [0.25, 0.3) is 0 Å². The highest BCUT2D eigenvalue weighted by Crippen LogP contribution is 2.18. The van der Waals surface area contributed by atoms with E-state index in [-0.39, 0.29) is 18.5 Å². The number of rotatable bonds is 70. The number of hydrogen-bond acceptors (Lipinski definition) is 5. The number of esters is 1. The molecule has 0 heterocycles. The molecule has 0 rings (SSSR count). The van der Waals surface area contributed by atoms with Crippen molar-refractivity contribution < 1.29 is 24.5 Å². The molecular weight excluding hydrogens is 1020 g/mol. The van der Waals surface area contributed by atoms with Gasteiger partial charge in [0.25, 0.3) is 0 Å².